The second-order valence-corrected chi connectivity index (χ2v) is 7.03. The van der Waals surface area contributed by atoms with Crippen LogP contribution >= 0.6 is 11.8 Å². The lowest BCUT2D eigenvalue weighted by Gasteiger charge is -2.32. The molecule has 1 aliphatic heterocycles. The molecule has 0 spiro atoms. The molecule has 0 unspecified atom stereocenters. The van der Waals surface area contributed by atoms with Crippen molar-refractivity contribution in [2.75, 3.05) is 39.5 Å². The molecule has 1 rings (SSSR count). The van der Waals surface area contributed by atoms with E-state index in [4.69, 9.17) is 0 Å². The lowest BCUT2D eigenvalue weighted by molar-refractivity contribution is -0.119. The van der Waals surface area contributed by atoms with E-state index in [0.717, 1.165) is 13.1 Å². The minimum absolute atomic E-state index is 0.00901. The molecule has 1 heterocycles. The highest BCUT2D eigenvalue weighted by Gasteiger charge is 2.21. The van der Waals surface area contributed by atoms with Gasteiger partial charge in [0.05, 0.1) is 5.75 Å². The van der Waals surface area contributed by atoms with Crippen LogP contribution in [0.1, 0.15) is 26.7 Å². The number of nitrogens with one attached hydrogen (secondary N) is 2. The average molecular weight is 273 g/mol. The summed E-state index contributed by atoms with van der Waals surface area (Å²) in [5.41, 5.74) is 0.00901. The SMILES string of the molecule is CN(C)C(C)(C)CNC(=O)CSC1CCNCC1. The van der Waals surface area contributed by atoms with Crippen molar-refractivity contribution in [2.24, 2.45) is 0 Å². The van der Waals surface area contributed by atoms with Crippen LogP contribution in [0.4, 0.5) is 0 Å². The summed E-state index contributed by atoms with van der Waals surface area (Å²) >= 11 is 1.80. The van der Waals surface area contributed by atoms with Crippen LogP contribution in [0.15, 0.2) is 0 Å². The first-order valence-corrected chi connectivity index (χ1v) is 7.73. The molecule has 0 aromatic heterocycles. The number of likely N-dealkylation sites (N-methyl/N-ethyl adjacent to an activating group) is 1. The average Bonchev–Trinajstić information content (AvgIpc) is 2.35. The Hall–Kier alpha value is -0.260. The number of amides is 1. The molecule has 4 nitrogen and oxygen atoms in total. The Morgan fingerprint density at radius 3 is 2.56 bits per heavy atom. The van der Waals surface area contributed by atoms with Crippen molar-refractivity contribution in [2.45, 2.75) is 37.5 Å². The molecule has 0 atom stereocenters. The van der Waals surface area contributed by atoms with Crippen LogP contribution in [-0.4, -0.2) is 61.1 Å². The number of hydrogen-bond acceptors (Lipinski definition) is 4. The topological polar surface area (TPSA) is 44.4 Å². The van der Waals surface area contributed by atoms with Gasteiger partial charge < -0.3 is 15.5 Å². The highest BCUT2D eigenvalue weighted by Crippen LogP contribution is 2.19. The number of carbonyl (C=O) groups is 1. The van der Waals surface area contributed by atoms with E-state index in [0.29, 0.717) is 17.5 Å². The molecule has 2 N–H and O–H groups in total. The highest BCUT2D eigenvalue weighted by atomic mass is 32.2. The number of rotatable bonds is 6. The summed E-state index contributed by atoms with van der Waals surface area (Å²) in [6.45, 7) is 7.14. The van der Waals surface area contributed by atoms with E-state index in [-0.39, 0.29) is 11.4 Å². The van der Waals surface area contributed by atoms with Crippen LogP contribution in [0.3, 0.4) is 0 Å². The first-order chi connectivity index (χ1) is 8.42. The predicted octanol–water partition coefficient (Wildman–Crippen LogP) is 0.928. The Balaban J connectivity index is 2.17. The van der Waals surface area contributed by atoms with E-state index in [9.17, 15) is 4.79 Å². The normalized spacial score (nSPS) is 18.1. The molecular formula is C13H27N3OS. The van der Waals surface area contributed by atoms with Crippen LogP contribution < -0.4 is 10.6 Å². The number of carbonyl (C=O) groups excluding carboxylic acids is 1. The third-order valence-corrected chi connectivity index (χ3v) is 5.04. The van der Waals surface area contributed by atoms with Gasteiger partial charge in [0.15, 0.2) is 0 Å². The van der Waals surface area contributed by atoms with E-state index in [1.807, 2.05) is 14.1 Å². The van der Waals surface area contributed by atoms with Crippen molar-refractivity contribution in [3.8, 4) is 0 Å². The summed E-state index contributed by atoms with van der Waals surface area (Å²) < 4.78 is 0. The van der Waals surface area contributed by atoms with Crippen LogP contribution in [0.5, 0.6) is 0 Å². The quantitative estimate of drug-likeness (QED) is 0.756. The molecule has 0 aliphatic carbocycles. The zero-order valence-corrected chi connectivity index (χ0v) is 12.9. The first kappa shape index (κ1) is 15.8. The van der Waals surface area contributed by atoms with Crippen LogP contribution in [0, 0.1) is 0 Å². The van der Waals surface area contributed by atoms with E-state index in [1.54, 1.807) is 11.8 Å². The van der Waals surface area contributed by atoms with E-state index >= 15 is 0 Å². The van der Waals surface area contributed by atoms with Gasteiger partial charge >= 0.3 is 0 Å². The number of nitrogens with zero attached hydrogens (tertiary/aromatic N) is 1. The first-order valence-electron chi connectivity index (χ1n) is 6.68. The molecule has 0 radical (unpaired) electrons. The summed E-state index contributed by atoms with van der Waals surface area (Å²) in [4.78, 5) is 13.9. The van der Waals surface area contributed by atoms with Gasteiger partial charge in [0, 0.05) is 17.3 Å². The standard InChI is InChI=1S/C13H27N3OS/c1-13(2,16(3)4)10-15-12(17)9-18-11-5-7-14-8-6-11/h11,14H,5-10H2,1-4H3,(H,15,17). The fourth-order valence-electron chi connectivity index (χ4n) is 1.68. The van der Waals surface area contributed by atoms with Crippen LogP contribution in [0.2, 0.25) is 0 Å². The third kappa shape index (κ3) is 5.59. The maximum atomic E-state index is 11.8. The highest BCUT2D eigenvalue weighted by molar-refractivity contribution is 8.00. The van der Waals surface area contributed by atoms with Crippen LogP contribution in [-0.2, 0) is 4.79 Å². The Morgan fingerprint density at radius 2 is 2.00 bits per heavy atom. The second-order valence-electron chi connectivity index (χ2n) is 5.74. The molecule has 1 aliphatic rings. The fourth-order valence-corrected chi connectivity index (χ4v) is 2.74. The molecular weight excluding hydrogens is 246 g/mol. The summed E-state index contributed by atoms with van der Waals surface area (Å²) in [5.74, 6) is 0.752. The van der Waals surface area contributed by atoms with E-state index in [2.05, 4.69) is 29.4 Å². The molecule has 5 heteroatoms. The van der Waals surface area contributed by atoms with Crippen molar-refractivity contribution in [3.05, 3.63) is 0 Å². The Morgan fingerprint density at radius 1 is 1.39 bits per heavy atom. The molecule has 106 valence electrons. The van der Waals surface area contributed by atoms with Gasteiger partial charge in [0.1, 0.15) is 0 Å². The molecule has 1 amide bonds. The summed E-state index contributed by atoms with van der Waals surface area (Å²) in [5, 5.41) is 7.02. The number of thioether (sulfide) groups is 1. The lowest BCUT2D eigenvalue weighted by Crippen LogP contribution is -2.48. The van der Waals surface area contributed by atoms with Crippen molar-refractivity contribution in [3.63, 3.8) is 0 Å². The molecule has 0 aromatic carbocycles. The maximum absolute atomic E-state index is 11.8. The largest absolute Gasteiger partial charge is 0.354 e. The smallest absolute Gasteiger partial charge is 0.230 e. The van der Waals surface area contributed by atoms with Crippen LogP contribution in [0.25, 0.3) is 0 Å². The number of piperidine rings is 1. The molecule has 18 heavy (non-hydrogen) atoms. The van der Waals surface area contributed by atoms with Crippen molar-refractivity contribution in [1.82, 2.24) is 15.5 Å². The Labute approximate surface area is 115 Å². The monoisotopic (exact) mass is 273 g/mol. The van der Waals surface area contributed by atoms with Gasteiger partial charge in [0.25, 0.3) is 0 Å². The predicted molar refractivity (Wildman–Crippen MR) is 79.1 cm³/mol. The summed E-state index contributed by atoms with van der Waals surface area (Å²) in [6.07, 6.45) is 2.36. The zero-order chi connectivity index (χ0) is 13.6. The maximum Gasteiger partial charge on any atom is 0.230 e. The minimum atomic E-state index is 0.00901. The Kier molecular flexibility index (Phi) is 6.46. The second kappa shape index (κ2) is 7.36. The van der Waals surface area contributed by atoms with Gasteiger partial charge in [-0.05, 0) is 53.9 Å². The molecule has 1 saturated heterocycles. The van der Waals surface area contributed by atoms with Gasteiger partial charge in [-0.15, -0.1) is 11.8 Å². The zero-order valence-electron chi connectivity index (χ0n) is 12.1. The minimum Gasteiger partial charge on any atom is -0.354 e. The van der Waals surface area contributed by atoms with Gasteiger partial charge in [-0.3, -0.25) is 4.79 Å². The van der Waals surface area contributed by atoms with E-state index in [1.165, 1.54) is 12.8 Å². The summed E-state index contributed by atoms with van der Waals surface area (Å²) in [6, 6.07) is 0. The van der Waals surface area contributed by atoms with Crippen molar-refractivity contribution >= 4 is 17.7 Å². The Bertz CT molecular complexity index is 263. The van der Waals surface area contributed by atoms with Gasteiger partial charge in [-0.25, -0.2) is 0 Å². The van der Waals surface area contributed by atoms with Gasteiger partial charge in [-0.1, -0.05) is 0 Å². The third-order valence-electron chi connectivity index (χ3n) is 3.67. The fraction of sp³-hybridized carbons (Fsp3) is 0.923. The van der Waals surface area contributed by atoms with E-state index < -0.39 is 0 Å². The molecule has 0 bridgehead atoms. The lowest BCUT2D eigenvalue weighted by atomic mass is 10.0. The molecule has 0 saturated carbocycles. The summed E-state index contributed by atoms with van der Waals surface area (Å²) in [7, 11) is 4.08. The van der Waals surface area contributed by atoms with Crippen molar-refractivity contribution in [1.29, 1.82) is 0 Å². The molecule has 1 fully saturated rings. The van der Waals surface area contributed by atoms with Crippen molar-refractivity contribution < 1.29 is 4.79 Å². The number of hydrogen-bond donors (Lipinski definition) is 2. The molecule has 0 aromatic rings. The van der Waals surface area contributed by atoms with Gasteiger partial charge in [0.2, 0.25) is 5.91 Å². The van der Waals surface area contributed by atoms with Gasteiger partial charge in [-0.2, -0.15) is 0 Å².